The molecule has 0 unspecified atom stereocenters. The van der Waals surface area contributed by atoms with Crippen LogP contribution in [0.15, 0.2) is 23.8 Å². The molecule has 3 fully saturated rings. The van der Waals surface area contributed by atoms with Gasteiger partial charge in [-0.05, 0) is 67.8 Å². The third-order valence-corrected chi connectivity index (χ3v) is 7.49. The average Bonchev–Trinajstić information content (AvgIpc) is 2.74. The fraction of sp³-hybridized carbons (Fsp3) is 0.750. The number of hydrogen-bond donors (Lipinski definition) is 1. The minimum atomic E-state index is -0.160. The smallest absolute Gasteiger partial charge is 0.155 e. The minimum Gasteiger partial charge on any atom is -0.393 e. The van der Waals surface area contributed by atoms with E-state index in [1.807, 2.05) is 6.08 Å². The van der Waals surface area contributed by atoms with Gasteiger partial charge in [0.2, 0.25) is 0 Å². The summed E-state index contributed by atoms with van der Waals surface area (Å²) in [5.41, 5.74) is 2.79. The van der Waals surface area contributed by atoms with Crippen LogP contribution < -0.4 is 0 Å². The summed E-state index contributed by atoms with van der Waals surface area (Å²) in [6, 6.07) is 0. The molecule has 3 saturated carbocycles. The monoisotopic (exact) mass is 300 g/mol. The fourth-order valence-electron chi connectivity index (χ4n) is 6.56. The van der Waals surface area contributed by atoms with Gasteiger partial charge in [-0.15, -0.1) is 0 Å². The molecule has 0 aromatic rings. The van der Waals surface area contributed by atoms with Crippen molar-refractivity contribution < 1.29 is 9.90 Å². The number of allylic oxidation sites excluding steroid dienone is 2. The maximum absolute atomic E-state index is 11.8. The molecule has 4 aliphatic carbocycles. The second kappa shape index (κ2) is 4.80. The van der Waals surface area contributed by atoms with Gasteiger partial charge in [0, 0.05) is 11.8 Å². The van der Waals surface area contributed by atoms with Gasteiger partial charge in [-0.3, -0.25) is 4.79 Å². The minimum absolute atomic E-state index is 0.0399. The number of rotatable bonds is 0. The molecule has 4 rings (SSSR count). The highest BCUT2D eigenvalue weighted by molar-refractivity contribution is 5.91. The third kappa shape index (κ3) is 1.86. The molecule has 0 spiro atoms. The SMILES string of the molecule is C=C1C[C@]2(C)[C@@H](O)CC[C@H]2[C@H]2[C@H]1[C@H]1CCC(=O)C=C1C[C@H]2C. The summed E-state index contributed by atoms with van der Waals surface area (Å²) >= 11 is 0. The molecule has 120 valence electrons. The highest BCUT2D eigenvalue weighted by atomic mass is 16.3. The van der Waals surface area contributed by atoms with Gasteiger partial charge in [-0.1, -0.05) is 31.6 Å². The third-order valence-electron chi connectivity index (χ3n) is 7.49. The van der Waals surface area contributed by atoms with Crippen molar-refractivity contribution in [2.24, 2.45) is 35.0 Å². The standard InChI is InChI=1S/C20H28O2/c1-11-8-13-9-14(21)4-5-15(13)18-12(2)10-20(3)16(19(11)18)6-7-17(20)22/h9,11,15-19,22H,2,4-8,10H2,1,3H3/t11-,15+,16+,17+,18-,19+,20+/m1/s1. The summed E-state index contributed by atoms with van der Waals surface area (Å²) < 4.78 is 0. The van der Waals surface area contributed by atoms with Crippen LogP contribution >= 0.6 is 0 Å². The molecule has 7 atom stereocenters. The summed E-state index contributed by atoms with van der Waals surface area (Å²) in [4.78, 5) is 11.8. The molecule has 0 aromatic carbocycles. The molecule has 1 N–H and O–H groups in total. The first-order chi connectivity index (χ1) is 10.4. The molecule has 0 radical (unpaired) electrons. The van der Waals surface area contributed by atoms with Crippen molar-refractivity contribution >= 4 is 5.78 Å². The number of aliphatic hydroxyl groups excluding tert-OH is 1. The first-order valence-electron chi connectivity index (χ1n) is 9.01. The van der Waals surface area contributed by atoms with E-state index in [9.17, 15) is 9.90 Å². The summed E-state index contributed by atoms with van der Waals surface area (Å²) in [6.45, 7) is 9.11. The normalized spacial score (nSPS) is 51.0. The summed E-state index contributed by atoms with van der Waals surface area (Å²) in [5, 5.41) is 10.5. The van der Waals surface area contributed by atoms with Gasteiger partial charge < -0.3 is 5.11 Å². The lowest BCUT2D eigenvalue weighted by Crippen LogP contribution is -2.51. The Morgan fingerprint density at radius 1 is 1.32 bits per heavy atom. The molecule has 0 aliphatic heterocycles. The molecule has 2 heteroatoms. The Morgan fingerprint density at radius 3 is 2.86 bits per heavy atom. The van der Waals surface area contributed by atoms with E-state index in [2.05, 4.69) is 20.4 Å². The van der Waals surface area contributed by atoms with Crippen LogP contribution in [0.4, 0.5) is 0 Å². The number of carbonyl (C=O) groups is 1. The lowest BCUT2D eigenvalue weighted by Gasteiger charge is -2.56. The molecular weight excluding hydrogens is 272 g/mol. The Kier molecular flexibility index (Phi) is 3.21. The van der Waals surface area contributed by atoms with Crippen molar-refractivity contribution in [3.05, 3.63) is 23.8 Å². The summed E-state index contributed by atoms with van der Waals surface area (Å²) in [6.07, 6.45) is 7.70. The maximum Gasteiger partial charge on any atom is 0.155 e. The van der Waals surface area contributed by atoms with Crippen molar-refractivity contribution in [1.82, 2.24) is 0 Å². The van der Waals surface area contributed by atoms with Crippen molar-refractivity contribution in [2.45, 2.75) is 58.5 Å². The molecule has 0 aromatic heterocycles. The fourth-order valence-corrected chi connectivity index (χ4v) is 6.56. The largest absolute Gasteiger partial charge is 0.393 e. The van der Waals surface area contributed by atoms with Crippen molar-refractivity contribution in [1.29, 1.82) is 0 Å². The molecule has 0 amide bonds. The molecule has 0 heterocycles. The Hall–Kier alpha value is -0.890. The van der Waals surface area contributed by atoms with Crippen LogP contribution in [0.5, 0.6) is 0 Å². The molecular formula is C20H28O2. The molecule has 0 saturated heterocycles. The van der Waals surface area contributed by atoms with Crippen LogP contribution in [-0.4, -0.2) is 17.0 Å². The van der Waals surface area contributed by atoms with Gasteiger partial charge >= 0.3 is 0 Å². The molecule has 4 aliphatic rings. The Labute approximate surface area is 133 Å². The highest BCUT2D eigenvalue weighted by Crippen LogP contribution is 2.64. The van der Waals surface area contributed by atoms with E-state index < -0.39 is 0 Å². The quantitative estimate of drug-likeness (QED) is 0.689. The van der Waals surface area contributed by atoms with Gasteiger partial charge in [-0.25, -0.2) is 0 Å². The highest BCUT2D eigenvalue weighted by Gasteiger charge is 2.58. The van der Waals surface area contributed by atoms with E-state index in [-0.39, 0.29) is 11.5 Å². The number of fused-ring (bicyclic) bond motifs is 5. The van der Waals surface area contributed by atoms with Gasteiger partial charge in [0.1, 0.15) is 0 Å². The van der Waals surface area contributed by atoms with E-state index in [1.165, 1.54) is 17.6 Å². The molecule has 22 heavy (non-hydrogen) atoms. The van der Waals surface area contributed by atoms with Crippen LogP contribution in [-0.2, 0) is 4.79 Å². The van der Waals surface area contributed by atoms with E-state index in [0.717, 1.165) is 25.7 Å². The number of aliphatic hydroxyl groups is 1. The lowest BCUT2D eigenvalue weighted by atomic mass is 9.48. The number of carbonyl (C=O) groups excluding carboxylic acids is 1. The van der Waals surface area contributed by atoms with Crippen molar-refractivity contribution in [3.63, 3.8) is 0 Å². The van der Waals surface area contributed by atoms with E-state index in [4.69, 9.17) is 0 Å². The Bertz CT molecular complexity index is 560. The Morgan fingerprint density at radius 2 is 2.09 bits per heavy atom. The summed E-state index contributed by atoms with van der Waals surface area (Å²) in [7, 11) is 0. The zero-order valence-corrected chi connectivity index (χ0v) is 13.8. The van der Waals surface area contributed by atoms with E-state index in [0.29, 0.717) is 41.8 Å². The predicted octanol–water partition coefficient (Wildman–Crippen LogP) is 3.90. The van der Waals surface area contributed by atoms with Crippen LogP contribution in [0.25, 0.3) is 0 Å². The lowest BCUT2D eigenvalue weighted by molar-refractivity contribution is -0.116. The number of hydrogen-bond acceptors (Lipinski definition) is 2. The first-order valence-corrected chi connectivity index (χ1v) is 9.01. The van der Waals surface area contributed by atoms with Gasteiger partial charge in [-0.2, -0.15) is 0 Å². The van der Waals surface area contributed by atoms with Gasteiger partial charge in [0.15, 0.2) is 5.78 Å². The van der Waals surface area contributed by atoms with Crippen molar-refractivity contribution in [2.75, 3.05) is 0 Å². The van der Waals surface area contributed by atoms with Crippen molar-refractivity contribution in [3.8, 4) is 0 Å². The zero-order valence-electron chi connectivity index (χ0n) is 13.8. The topological polar surface area (TPSA) is 37.3 Å². The van der Waals surface area contributed by atoms with Crippen LogP contribution in [0, 0.1) is 35.0 Å². The molecule has 0 bridgehead atoms. The van der Waals surface area contributed by atoms with E-state index in [1.54, 1.807) is 0 Å². The Balaban J connectivity index is 1.75. The van der Waals surface area contributed by atoms with E-state index >= 15 is 0 Å². The predicted molar refractivity (Wildman–Crippen MR) is 87.2 cm³/mol. The van der Waals surface area contributed by atoms with Crippen LogP contribution in [0.3, 0.4) is 0 Å². The molecule has 2 nitrogen and oxygen atoms in total. The maximum atomic E-state index is 11.8. The first kappa shape index (κ1) is 14.7. The van der Waals surface area contributed by atoms with Gasteiger partial charge in [0.25, 0.3) is 0 Å². The van der Waals surface area contributed by atoms with Crippen LogP contribution in [0.1, 0.15) is 52.4 Å². The average molecular weight is 300 g/mol. The summed E-state index contributed by atoms with van der Waals surface area (Å²) in [5.74, 6) is 3.30. The second-order valence-electron chi connectivity index (χ2n) is 8.66. The second-order valence-corrected chi connectivity index (χ2v) is 8.66. The van der Waals surface area contributed by atoms with Gasteiger partial charge in [0.05, 0.1) is 6.10 Å². The zero-order chi connectivity index (χ0) is 15.6. The number of ketones is 1. The van der Waals surface area contributed by atoms with Crippen LogP contribution in [0.2, 0.25) is 0 Å².